The van der Waals surface area contributed by atoms with Gasteiger partial charge in [-0.1, -0.05) is 23.8 Å². The van der Waals surface area contributed by atoms with Crippen LogP contribution in [0.2, 0.25) is 0 Å². The van der Waals surface area contributed by atoms with Gasteiger partial charge in [0.1, 0.15) is 6.10 Å². The minimum atomic E-state index is -0.218. The molecule has 92 valence electrons. The van der Waals surface area contributed by atoms with Crippen LogP contribution in [0.15, 0.2) is 35.5 Å². The van der Waals surface area contributed by atoms with E-state index >= 15 is 0 Å². The summed E-state index contributed by atoms with van der Waals surface area (Å²) in [5, 5.41) is 0. The van der Waals surface area contributed by atoms with Gasteiger partial charge in [-0.25, -0.2) is 4.79 Å². The molecule has 0 spiro atoms. The van der Waals surface area contributed by atoms with E-state index in [0.29, 0.717) is 5.57 Å². The number of ether oxygens (including phenoxy) is 1. The van der Waals surface area contributed by atoms with E-state index in [1.54, 1.807) is 0 Å². The summed E-state index contributed by atoms with van der Waals surface area (Å²) in [7, 11) is 0. The lowest BCUT2D eigenvalue weighted by atomic mass is 9.88. The minimum absolute atomic E-state index is 0.0825. The molecule has 0 aromatic heterocycles. The van der Waals surface area contributed by atoms with Crippen molar-refractivity contribution in [1.29, 1.82) is 0 Å². The fraction of sp³-hybridized carbons (Fsp3) is 0.533. The predicted molar refractivity (Wildman–Crippen MR) is 68.5 cm³/mol. The Hall–Kier alpha value is -1.31. The SMILES string of the molecule is C=C1C(=O)O[C@@H]2/C=C(/C)CC/C=C(/C)CC[C@@H]12. The molecule has 2 nitrogen and oxygen atoms in total. The van der Waals surface area contributed by atoms with E-state index in [1.807, 2.05) is 0 Å². The minimum Gasteiger partial charge on any atom is -0.454 e. The van der Waals surface area contributed by atoms with Crippen LogP contribution in [0, 0.1) is 5.92 Å². The molecule has 2 heteroatoms. The van der Waals surface area contributed by atoms with Crippen LogP contribution in [-0.4, -0.2) is 12.1 Å². The molecule has 1 fully saturated rings. The fourth-order valence-corrected chi connectivity index (χ4v) is 2.51. The van der Waals surface area contributed by atoms with Crippen LogP contribution in [0.4, 0.5) is 0 Å². The Labute approximate surface area is 103 Å². The Kier molecular flexibility index (Phi) is 3.51. The van der Waals surface area contributed by atoms with Crippen molar-refractivity contribution in [3.63, 3.8) is 0 Å². The summed E-state index contributed by atoms with van der Waals surface area (Å²) in [4.78, 5) is 11.6. The van der Waals surface area contributed by atoms with Gasteiger partial charge in [-0.2, -0.15) is 0 Å². The zero-order valence-electron chi connectivity index (χ0n) is 10.7. The Morgan fingerprint density at radius 3 is 2.82 bits per heavy atom. The maximum Gasteiger partial charge on any atom is 0.334 e. The highest BCUT2D eigenvalue weighted by Crippen LogP contribution is 2.33. The standard InChI is InChI=1S/C15H20O2/c1-10-5-4-6-11(2)9-14-13(8-7-10)12(3)15(16)17-14/h5,9,13-14H,3-4,6-8H2,1-2H3/b10-5-,11-9-/t13-,14+/m0/s1. The highest BCUT2D eigenvalue weighted by atomic mass is 16.5. The van der Waals surface area contributed by atoms with Crippen LogP contribution in [0.1, 0.15) is 39.5 Å². The van der Waals surface area contributed by atoms with Gasteiger partial charge in [0.05, 0.1) is 0 Å². The monoisotopic (exact) mass is 232 g/mol. The quantitative estimate of drug-likeness (QED) is 0.363. The lowest BCUT2D eigenvalue weighted by Crippen LogP contribution is -2.15. The summed E-state index contributed by atoms with van der Waals surface area (Å²) in [6.45, 7) is 8.14. The Morgan fingerprint density at radius 2 is 2.06 bits per heavy atom. The zero-order chi connectivity index (χ0) is 12.4. The van der Waals surface area contributed by atoms with Crippen molar-refractivity contribution >= 4 is 5.97 Å². The highest BCUT2D eigenvalue weighted by molar-refractivity contribution is 5.91. The second kappa shape index (κ2) is 4.91. The van der Waals surface area contributed by atoms with Gasteiger partial charge in [0.25, 0.3) is 0 Å². The second-order valence-corrected chi connectivity index (χ2v) is 5.14. The van der Waals surface area contributed by atoms with Gasteiger partial charge in [-0.15, -0.1) is 0 Å². The summed E-state index contributed by atoms with van der Waals surface area (Å²) in [6, 6.07) is 0. The van der Waals surface area contributed by atoms with Gasteiger partial charge in [0, 0.05) is 11.5 Å². The van der Waals surface area contributed by atoms with E-state index < -0.39 is 0 Å². The molecule has 0 bridgehead atoms. The van der Waals surface area contributed by atoms with E-state index in [2.05, 4.69) is 32.6 Å². The number of allylic oxidation sites excluding steroid dienone is 3. The van der Waals surface area contributed by atoms with Gasteiger partial charge in [0.2, 0.25) is 0 Å². The molecule has 0 saturated carbocycles. The van der Waals surface area contributed by atoms with Gasteiger partial charge < -0.3 is 4.74 Å². The summed E-state index contributed by atoms with van der Waals surface area (Å²) in [6.07, 6.45) is 8.45. The van der Waals surface area contributed by atoms with Crippen LogP contribution in [0.5, 0.6) is 0 Å². The molecule has 2 rings (SSSR count). The smallest absolute Gasteiger partial charge is 0.334 e. The molecule has 0 radical (unpaired) electrons. The van der Waals surface area contributed by atoms with E-state index in [9.17, 15) is 4.79 Å². The first-order valence-electron chi connectivity index (χ1n) is 6.30. The van der Waals surface area contributed by atoms with E-state index in [4.69, 9.17) is 4.74 Å². The molecular weight excluding hydrogens is 212 g/mol. The number of fused-ring (bicyclic) bond motifs is 1. The molecular formula is C15H20O2. The van der Waals surface area contributed by atoms with Crippen LogP contribution in [0.3, 0.4) is 0 Å². The number of carbonyl (C=O) groups excluding carboxylic acids is 1. The molecule has 0 N–H and O–H groups in total. The molecule has 1 saturated heterocycles. The fourth-order valence-electron chi connectivity index (χ4n) is 2.51. The third-order valence-electron chi connectivity index (χ3n) is 3.68. The summed E-state index contributed by atoms with van der Waals surface area (Å²) < 4.78 is 5.38. The van der Waals surface area contributed by atoms with Crippen molar-refractivity contribution in [1.82, 2.24) is 0 Å². The highest BCUT2D eigenvalue weighted by Gasteiger charge is 2.36. The number of carbonyl (C=O) groups is 1. The molecule has 0 amide bonds. The average Bonchev–Trinajstić information content (AvgIpc) is 2.52. The molecule has 0 aromatic carbocycles. The van der Waals surface area contributed by atoms with Crippen molar-refractivity contribution in [3.8, 4) is 0 Å². The van der Waals surface area contributed by atoms with Gasteiger partial charge >= 0.3 is 5.97 Å². The Balaban J connectivity index is 2.24. The van der Waals surface area contributed by atoms with Gasteiger partial charge in [-0.3, -0.25) is 0 Å². The molecule has 2 atom stereocenters. The number of hydrogen-bond acceptors (Lipinski definition) is 2. The van der Waals surface area contributed by atoms with Crippen molar-refractivity contribution in [3.05, 3.63) is 35.5 Å². The molecule has 0 aromatic rings. The van der Waals surface area contributed by atoms with Crippen LogP contribution in [-0.2, 0) is 9.53 Å². The summed E-state index contributed by atoms with van der Waals surface area (Å²) >= 11 is 0. The molecule has 1 heterocycles. The van der Waals surface area contributed by atoms with E-state index in [1.165, 1.54) is 11.1 Å². The molecule has 1 aliphatic heterocycles. The van der Waals surface area contributed by atoms with Crippen molar-refractivity contribution in [2.45, 2.75) is 45.6 Å². The number of esters is 1. The number of rotatable bonds is 0. The molecule has 2 aliphatic rings. The first-order valence-corrected chi connectivity index (χ1v) is 6.30. The number of hydrogen-bond donors (Lipinski definition) is 0. The van der Waals surface area contributed by atoms with Crippen LogP contribution in [0.25, 0.3) is 0 Å². The van der Waals surface area contributed by atoms with Gasteiger partial charge in [0.15, 0.2) is 0 Å². The van der Waals surface area contributed by atoms with Crippen molar-refractivity contribution < 1.29 is 9.53 Å². The van der Waals surface area contributed by atoms with E-state index in [0.717, 1.165) is 25.7 Å². The maximum atomic E-state index is 11.6. The lowest BCUT2D eigenvalue weighted by Gasteiger charge is -2.17. The molecule has 0 unspecified atom stereocenters. The first kappa shape index (κ1) is 12.2. The third-order valence-corrected chi connectivity index (χ3v) is 3.68. The van der Waals surface area contributed by atoms with Crippen LogP contribution < -0.4 is 0 Å². The van der Waals surface area contributed by atoms with Gasteiger partial charge in [-0.05, 0) is 45.6 Å². The Bertz CT molecular complexity index is 401. The molecule has 1 aliphatic carbocycles. The zero-order valence-corrected chi connectivity index (χ0v) is 10.7. The van der Waals surface area contributed by atoms with Crippen molar-refractivity contribution in [2.75, 3.05) is 0 Å². The third kappa shape index (κ3) is 2.68. The Morgan fingerprint density at radius 1 is 1.29 bits per heavy atom. The predicted octanol–water partition coefficient (Wildman–Crippen LogP) is 3.55. The molecule has 17 heavy (non-hydrogen) atoms. The maximum absolute atomic E-state index is 11.6. The summed E-state index contributed by atoms with van der Waals surface area (Å²) in [5.74, 6) is -0.0520. The van der Waals surface area contributed by atoms with Crippen molar-refractivity contribution in [2.24, 2.45) is 5.92 Å². The summed E-state index contributed by atoms with van der Waals surface area (Å²) in [5.41, 5.74) is 3.35. The normalized spacial score (nSPS) is 36.4. The van der Waals surface area contributed by atoms with Crippen LogP contribution >= 0.6 is 0 Å². The van der Waals surface area contributed by atoms with E-state index in [-0.39, 0.29) is 18.0 Å². The second-order valence-electron chi connectivity index (χ2n) is 5.14. The average molecular weight is 232 g/mol. The lowest BCUT2D eigenvalue weighted by molar-refractivity contribution is -0.137. The topological polar surface area (TPSA) is 26.3 Å². The first-order chi connectivity index (χ1) is 8.08. The largest absolute Gasteiger partial charge is 0.454 e.